The molecular weight excluding hydrogens is 376 g/mol. The Hall–Kier alpha value is -3.84. The van der Waals surface area contributed by atoms with Gasteiger partial charge in [0.1, 0.15) is 11.2 Å². The molecule has 8 rings (SSSR count). The van der Waals surface area contributed by atoms with Crippen LogP contribution in [0, 0.1) is 0 Å². The average Bonchev–Trinajstić information content (AvgIpc) is 3.56. The molecule has 0 saturated carbocycles. The second-order valence-corrected chi connectivity index (χ2v) is 8.80. The van der Waals surface area contributed by atoms with E-state index in [0.717, 1.165) is 17.6 Å². The van der Waals surface area contributed by atoms with Gasteiger partial charge < -0.3 is 4.42 Å². The van der Waals surface area contributed by atoms with Gasteiger partial charge in [-0.05, 0) is 63.1 Å². The number of hydrogen-bond donors (Lipinski definition) is 0. The Morgan fingerprint density at radius 1 is 0.645 bits per heavy atom. The SMILES string of the molecule is C1=CC2=C(C1)c1ccccc1C21c2ccccc2-c2ccc3oc4ccccc4c3c21. The molecule has 1 nitrogen and oxygen atoms in total. The van der Waals surface area contributed by atoms with E-state index in [1.54, 1.807) is 0 Å². The lowest BCUT2D eigenvalue weighted by molar-refractivity contribution is 0.668. The van der Waals surface area contributed by atoms with Crippen LogP contribution in [0.4, 0.5) is 0 Å². The summed E-state index contributed by atoms with van der Waals surface area (Å²) in [5, 5.41) is 2.46. The second kappa shape index (κ2) is 5.25. The Morgan fingerprint density at radius 2 is 1.39 bits per heavy atom. The molecule has 1 spiro atoms. The van der Waals surface area contributed by atoms with Crippen molar-refractivity contribution in [3.05, 3.63) is 125 Å². The molecule has 31 heavy (non-hydrogen) atoms. The van der Waals surface area contributed by atoms with Gasteiger partial charge in [-0.15, -0.1) is 0 Å². The number of furan rings is 1. The molecule has 3 aliphatic carbocycles. The van der Waals surface area contributed by atoms with Crippen molar-refractivity contribution in [2.45, 2.75) is 11.8 Å². The van der Waals surface area contributed by atoms with E-state index in [1.807, 2.05) is 0 Å². The van der Waals surface area contributed by atoms with Crippen LogP contribution in [0.2, 0.25) is 0 Å². The standard InChI is InChI=1S/C30H18O/c1-4-12-23-18(8-1)19-11-7-14-25(19)30(23)24-13-5-2-9-20(24)21-16-17-27-28(29(21)30)22-10-3-6-15-26(22)31-27/h1-10,12-17H,11H2. The van der Waals surface area contributed by atoms with Crippen LogP contribution < -0.4 is 0 Å². The largest absolute Gasteiger partial charge is 0.456 e. The zero-order valence-electron chi connectivity index (χ0n) is 16.9. The zero-order chi connectivity index (χ0) is 20.2. The molecule has 0 aliphatic heterocycles. The molecular formula is C30H18O. The van der Waals surface area contributed by atoms with Crippen molar-refractivity contribution in [3.63, 3.8) is 0 Å². The lowest BCUT2D eigenvalue weighted by Gasteiger charge is -2.31. The van der Waals surface area contributed by atoms with Gasteiger partial charge in [0, 0.05) is 10.8 Å². The van der Waals surface area contributed by atoms with Crippen molar-refractivity contribution in [2.24, 2.45) is 0 Å². The minimum Gasteiger partial charge on any atom is -0.456 e. The smallest absolute Gasteiger partial charge is 0.135 e. The summed E-state index contributed by atoms with van der Waals surface area (Å²) >= 11 is 0. The van der Waals surface area contributed by atoms with E-state index in [1.165, 1.54) is 55.3 Å². The van der Waals surface area contributed by atoms with E-state index >= 15 is 0 Å². The molecule has 1 atom stereocenters. The molecule has 1 heterocycles. The Kier molecular flexibility index (Phi) is 2.70. The third kappa shape index (κ3) is 1.65. The zero-order valence-corrected chi connectivity index (χ0v) is 16.9. The molecule has 5 aromatic rings. The van der Waals surface area contributed by atoms with Gasteiger partial charge in [-0.25, -0.2) is 0 Å². The van der Waals surface area contributed by atoms with Crippen molar-refractivity contribution in [2.75, 3.05) is 0 Å². The topological polar surface area (TPSA) is 13.1 Å². The highest BCUT2D eigenvalue weighted by Crippen LogP contribution is 2.65. The number of hydrogen-bond acceptors (Lipinski definition) is 1. The molecule has 3 aliphatic rings. The van der Waals surface area contributed by atoms with E-state index in [-0.39, 0.29) is 5.41 Å². The molecule has 0 bridgehead atoms. The van der Waals surface area contributed by atoms with Crippen LogP contribution in [0.15, 0.2) is 107 Å². The van der Waals surface area contributed by atoms with Gasteiger partial charge in [-0.3, -0.25) is 0 Å². The molecule has 1 aromatic heterocycles. The number of benzene rings is 4. The fourth-order valence-corrected chi connectivity index (χ4v) is 6.50. The monoisotopic (exact) mass is 394 g/mol. The van der Waals surface area contributed by atoms with Gasteiger partial charge in [0.25, 0.3) is 0 Å². The lowest BCUT2D eigenvalue weighted by atomic mass is 9.69. The molecule has 0 saturated heterocycles. The summed E-state index contributed by atoms with van der Waals surface area (Å²) in [7, 11) is 0. The minimum absolute atomic E-state index is 0.281. The van der Waals surface area contributed by atoms with Crippen LogP contribution in [0.5, 0.6) is 0 Å². The van der Waals surface area contributed by atoms with Gasteiger partial charge in [-0.1, -0.05) is 84.9 Å². The Labute approximate surface area is 179 Å². The van der Waals surface area contributed by atoms with Crippen molar-refractivity contribution < 1.29 is 4.42 Å². The molecule has 1 heteroatoms. The van der Waals surface area contributed by atoms with Gasteiger partial charge in [0.15, 0.2) is 0 Å². The van der Waals surface area contributed by atoms with Crippen LogP contribution in [0.3, 0.4) is 0 Å². The number of fused-ring (bicyclic) bond motifs is 13. The van der Waals surface area contributed by atoms with Crippen LogP contribution in [0.1, 0.15) is 28.7 Å². The van der Waals surface area contributed by atoms with Crippen molar-refractivity contribution in [3.8, 4) is 11.1 Å². The summed E-state index contributed by atoms with van der Waals surface area (Å²) in [6, 6.07) is 30.9. The van der Waals surface area contributed by atoms with E-state index in [2.05, 4.69) is 97.1 Å². The summed E-state index contributed by atoms with van der Waals surface area (Å²) in [5.41, 5.74) is 12.8. The maximum atomic E-state index is 6.34. The Morgan fingerprint density at radius 3 is 2.29 bits per heavy atom. The first-order chi connectivity index (χ1) is 15.4. The maximum absolute atomic E-state index is 6.34. The van der Waals surface area contributed by atoms with Crippen LogP contribution >= 0.6 is 0 Å². The van der Waals surface area contributed by atoms with Crippen molar-refractivity contribution in [1.82, 2.24) is 0 Å². The first-order valence-corrected chi connectivity index (χ1v) is 10.9. The Bertz CT molecular complexity index is 1660. The highest BCUT2D eigenvalue weighted by molar-refractivity contribution is 6.13. The van der Waals surface area contributed by atoms with Crippen molar-refractivity contribution >= 4 is 27.5 Å². The van der Waals surface area contributed by atoms with Gasteiger partial charge in [0.05, 0.1) is 5.41 Å². The predicted octanol–water partition coefficient (Wildman–Crippen LogP) is 7.63. The first kappa shape index (κ1) is 15.9. The van der Waals surface area contributed by atoms with Gasteiger partial charge in [0.2, 0.25) is 0 Å². The molecule has 0 radical (unpaired) electrons. The third-order valence-corrected chi connectivity index (χ3v) is 7.53. The molecule has 4 aromatic carbocycles. The Balaban J connectivity index is 1.67. The van der Waals surface area contributed by atoms with Crippen LogP contribution in [0.25, 0.3) is 38.6 Å². The van der Waals surface area contributed by atoms with Crippen molar-refractivity contribution in [1.29, 1.82) is 0 Å². The highest BCUT2D eigenvalue weighted by atomic mass is 16.3. The number of allylic oxidation sites excluding steroid dienone is 4. The van der Waals surface area contributed by atoms with E-state index < -0.39 is 0 Å². The average molecular weight is 394 g/mol. The van der Waals surface area contributed by atoms with E-state index in [4.69, 9.17) is 4.42 Å². The molecule has 0 amide bonds. The van der Waals surface area contributed by atoms with Gasteiger partial charge >= 0.3 is 0 Å². The highest BCUT2D eigenvalue weighted by Gasteiger charge is 2.53. The van der Waals surface area contributed by atoms with E-state index in [9.17, 15) is 0 Å². The lowest BCUT2D eigenvalue weighted by Crippen LogP contribution is -2.26. The maximum Gasteiger partial charge on any atom is 0.135 e. The summed E-state index contributed by atoms with van der Waals surface area (Å²) in [5.74, 6) is 0. The summed E-state index contributed by atoms with van der Waals surface area (Å²) in [6.45, 7) is 0. The first-order valence-electron chi connectivity index (χ1n) is 10.9. The van der Waals surface area contributed by atoms with E-state index in [0.29, 0.717) is 0 Å². The summed E-state index contributed by atoms with van der Waals surface area (Å²) in [4.78, 5) is 0. The normalized spacial score (nSPS) is 20.0. The predicted molar refractivity (Wildman–Crippen MR) is 126 cm³/mol. The molecule has 0 fully saturated rings. The number of para-hydroxylation sites is 1. The second-order valence-electron chi connectivity index (χ2n) is 8.80. The molecule has 0 N–H and O–H groups in total. The van der Waals surface area contributed by atoms with Crippen LogP contribution in [-0.4, -0.2) is 0 Å². The van der Waals surface area contributed by atoms with Crippen LogP contribution in [-0.2, 0) is 5.41 Å². The quantitative estimate of drug-likeness (QED) is 0.263. The summed E-state index contributed by atoms with van der Waals surface area (Å²) < 4.78 is 6.34. The number of rotatable bonds is 0. The molecule has 144 valence electrons. The molecule has 1 unspecified atom stereocenters. The van der Waals surface area contributed by atoms with Gasteiger partial charge in [-0.2, -0.15) is 0 Å². The fraction of sp³-hybridized carbons (Fsp3) is 0.0667. The summed E-state index contributed by atoms with van der Waals surface area (Å²) in [6.07, 6.45) is 5.71. The fourth-order valence-electron chi connectivity index (χ4n) is 6.50. The minimum atomic E-state index is -0.281. The third-order valence-electron chi connectivity index (χ3n) is 7.53.